The maximum Gasteiger partial charge on any atom is 0.248 e. The molecule has 5 heteroatoms. The SMILES string of the molecule is N#CC1(C(=O)Nc2ccc(C(N)=O)cc2)CCCC1. The third kappa shape index (κ3) is 2.58. The van der Waals surface area contributed by atoms with Crippen molar-refractivity contribution in [2.45, 2.75) is 25.7 Å². The summed E-state index contributed by atoms with van der Waals surface area (Å²) >= 11 is 0. The van der Waals surface area contributed by atoms with Gasteiger partial charge in [-0.1, -0.05) is 12.8 Å². The molecule has 0 aromatic heterocycles. The van der Waals surface area contributed by atoms with Crippen LogP contribution in [0.2, 0.25) is 0 Å². The van der Waals surface area contributed by atoms with Gasteiger partial charge in [0.05, 0.1) is 6.07 Å². The van der Waals surface area contributed by atoms with E-state index in [-0.39, 0.29) is 5.91 Å². The van der Waals surface area contributed by atoms with Crippen molar-refractivity contribution in [2.24, 2.45) is 11.1 Å². The molecule has 0 aliphatic heterocycles. The zero-order valence-electron chi connectivity index (χ0n) is 10.5. The summed E-state index contributed by atoms with van der Waals surface area (Å²) in [5.74, 6) is -0.776. The number of carbonyl (C=O) groups is 2. The van der Waals surface area contributed by atoms with Crippen molar-refractivity contribution in [3.05, 3.63) is 29.8 Å². The van der Waals surface area contributed by atoms with Crippen molar-refractivity contribution in [3.8, 4) is 6.07 Å². The molecule has 1 saturated carbocycles. The monoisotopic (exact) mass is 257 g/mol. The third-order valence-electron chi connectivity index (χ3n) is 3.53. The molecule has 2 rings (SSSR count). The van der Waals surface area contributed by atoms with Crippen LogP contribution in [0.4, 0.5) is 5.69 Å². The number of nitriles is 1. The molecule has 1 aromatic carbocycles. The van der Waals surface area contributed by atoms with Crippen LogP contribution in [-0.4, -0.2) is 11.8 Å². The molecule has 1 aromatic rings. The van der Waals surface area contributed by atoms with E-state index >= 15 is 0 Å². The summed E-state index contributed by atoms with van der Waals surface area (Å²) in [4.78, 5) is 23.1. The highest BCUT2D eigenvalue weighted by atomic mass is 16.2. The summed E-state index contributed by atoms with van der Waals surface area (Å²) in [7, 11) is 0. The van der Waals surface area contributed by atoms with Crippen molar-refractivity contribution in [2.75, 3.05) is 5.32 Å². The number of nitrogens with one attached hydrogen (secondary N) is 1. The molecule has 1 aliphatic carbocycles. The minimum atomic E-state index is -0.900. The topological polar surface area (TPSA) is 96.0 Å². The molecule has 3 N–H and O–H groups in total. The van der Waals surface area contributed by atoms with Crippen molar-refractivity contribution in [3.63, 3.8) is 0 Å². The Hall–Kier alpha value is -2.35. The Balaban J connectivity index is 2.11. The smallest absolute Gasteiger partial charge is 0.248 e. The van der Waals surface area contributed by atoms with Gasteiger partial charge in [-0.05, 0) is 37.1 Å². The number of nitrogens with two attached hydrogens (primary N) is 1. The second-order valence-corrected chi connectivity index (χ2v) is 4.80. The van der Waals surface area contributed by atoms with Crippen molar-refractivity contribution >= 4 is 17.5 Å². The number of amides is 2. The average Bonchev–Trinajstić information content (AvgIpc) is 2.89. The molecule has 98 valence electrons. The zero-order chi connectivity index (χ0) is 13.9. The van der Waals surface area contributed by atoms with E-state index in [4.69, 9.17) is 5.73 Å². The summed E-state index contributed by atoms with van der Waals surface area (Å²) < 4.78 is 0. The Morgan fingerprint density at radius 1 is 1.21 bits per heavy atom. The molecule has 1 fully saturated rings. The van der Waals surface area contributed by atoms with Crippen LogP contribution in [0.15, 0.2) is 24.3 Å². The summed E-state index contributed by atoms with van der Waals surface area (Å²) in [6.07, 6.45) is 3.02. The number of anilines is 1. The lowest BCUT2D eigenvalue weighted by Gasteiger charge is -2.19. The van der Waals surface area contributed by atoms with E-state index in [0.717, 1.165) is 12.8 Å². The Kier molecular flexibility index (Phi) is 3.52. The van der Waals surface area contributed by atoms with Crippen LogP contribution in [0.25, 0.3) is 0 Å². The highest BCUT2D eigenvalue weighted by Gasteiger charge is 2.41. The number of rotatable bonds is 3. The van der Waals surface area contributed by atoms with Crippen molar-refractivity contribution < 1.29 is 9.59 Å². The van der Waals surface area contributed by atoms with E-state index < -0.39 is 11.3 Å². The maximum absolute atomic E-state index is 12.2. The normalized spacial score (nSPS) is 16.6. The predicted molar refractivity (Wildman–Crippen MR) is 70.1 cm³/mol. The van der Waals surface area contributed by atoms with E-state index in [0.29, 0.717) is 24.1 Å². The van der Waals surface area contributed by atoms with Gasteiger partial charge in [0.25, 0.3) is 0 Å². The third-order valence-corrected chi connectivity index (χ3v) is 3.53. The largest absolute Gasteiger partial charge is 0.366 e. The van der Waals surface area contributed by atoms with Crippen LogP contribution in [0.1, 0.15) is 36.0 Å². The molecule has 0 radical (unpaired) electrons. The number of hydrogen-bond acceptors (Lipinski definition) is 3. The van der Waals surface area contributed by atoms with Gasteiger partial charge in [0.2, 0.25) is 11.8 Å². The van der Waals surface area contributed by atoms with Crippen LogP contribution in [-0.2, 0) is 4.79 Å². The molecule has 0 spiro atoms. The number of hydrogen-bond donors (Lipinski definition) is 2. The highest BCUT2D eigenvalue weighted by Crippen LogP contribution is 2.38. The lowest BCUT2D eigenvalue weighted by atomic mass is 9.87. The maximum atomic E-state index is 12.2. The lowest BCUT2D eigenvalue weighted by molar-refractivity contribution is -0.122. The first-order valence-corrected chi connectivity index (χ1v) is 6.20. The molecule has 0 bridgehead atoms. The van der Waals surface area contributed by atoms with Gasteiger partial charge in [-0.3, -0.25) is 9.59 Å². The number of carbonyl (C=O) groups excluding carboxylic acids is 2. The van der Waals surface area contributed by atoms with Crippen LogP contribution >= 0.6 is 0 Å². The first-order valence-electron chi connectivity index (χ1n) is 6.20. The Morgan fingerprint density at radius 3 is 2.26 bits per heavy atom. The van der Waals surface area contributed by atoms with E-state index in [9.17, 15) is 14.9 Å². The van der Waals surface area contributed by atoms with Gasteiger partial charge >= 0.3 is 0 Å². The summed E-state index contributed by atoms with van der Waals surface area (Å²) in [6, 6.07) is 8.45. The molecular weight excluding hydrogens is 242 g/mol. The van der Waals surface area contributed by atoms with Gasteiger partial charge in [0.1, 0.15) is 5.41 Å². The van der Waals surface area contributed by atoms with E-state index in [2.05, 4.69) is 11.4 Å². The molecule has 0 saturated heterocycles. The molecule has 5 nitrogen and oxygen atoms in total. The highest BCUT2D eigenvalue weighted by molar-refractivity contribution is 5.98. The quantitative estimate of drug-likeness (QED) is 0.864. The summed E-state index contributed by atoms with van der Waals surface area (Å²) in [5, 5.41) is 11.9. The van der Waals surface area contributed by atoms with Crippen LogP contribution in [0.5, 0.6) is 0 Å². The van der Waals surface area contributed by atoms with Gasteiger partial charge in [0, 0.05) is 11.3 Å². The molecule has 0 unspecified atom stereocenters. The molecule has 19 heavy (non-hydrogen) atoms. The van der Waals surface area contributed by atoms with Crippen LogP contribution < -0.4 is 11.1 Å². The molecule has 2 amide bonds. The van der Waals surface area contributed by atoms with Gasteiger partial charge < -0.3 is 11.1 Å². The van der Waals surface area contributed by atoms with Crippen molar-refractivity contribution in [1.82, 2.24) is 0 Å². The minimum Gasteiger partial charge on any atom is -0.366 e. The summed E-state index contributed by atoms with van der Waals surface area (Å²) in [5.41, 5.74) is 5.19. The molecule has 0 atom stereocenters. The molecular formula is C14H15N3O2. The fourth-order valence-corrected chi connectivity index (χ4v) is 2.34. The molecule has 0 heterocycles. The number of primary amides is 1. The molecule has 1 aliphatic rings. The van der Waals surface area contributed by atoms with Gasteiger partial charge in [-0.2, -0.15) is 5.26 Å². The van der Waals surface area contributed by atoms with E-state index in [1.54, 1.807) is 24.3 Å². The first-order chi connectivity index (χ1) is 9.07. The van der Waals surface area contributed by atoms with E-state index in [1.807, 2.05) is 0 Å². The number of benzene rings is 1. The minimum absolute atomic E-state index is 0.265. The Morgan fingerprint density at radius 2 is 1.79 bits per heavy atom. The van der Waals surface area contributed by atoms with Gasteiger partial charge in [-0.25, -0.2) is 0 Å². The van der Waals surface area contributed by atoms with Crippen LogP contribution in [0.3, 0.4) is 0 Å². The fourth-order valence-electron chi connectivity index (χ4n) is 2.34. The number of nitrogens with zero attached hydrogens (tertiary/aromatic N) is 1. The van der Waals surface area contributed by atoms with E-state index in [1.165, 1.54) is 0 Å². The van der Waals surface area contributed by atoms with Crippen molar-refractivity contribution in [1.29, 1.82) is 5.26 Å². The second-order valence-electron chi connectivity index (χ2n) is 4.80. The standard InChI is InChI=1S/C14H15N3O2/c15-9-14(7-1-2-8-14)13(19)17-11-5-3-10(4-6-11)12(16)18/h3-6H,1-2,7-8H2,(H2,16,18)(H,17,19). The summed E-state index contributed by atoms with van der Waals surface area (Å²) in [6.45, 7) is 0. The Labute approximate surface area is 111 Å². The first kappa shape index (κ1) is 13.1. The van der Waals surface area contributed by atoms with Gasteiger partial charge in [0.15, 0.2) is 0 Å². The zero-order valence-corrected chi connectivity index (χ0v) is 10.5. The predicted octanol–water partition coefficient (Wildman–Crippen LogP) is 1.81. The average molecular weight is 257 g/mol. The lowest BCUT2D eigenvalue weighted by Crippen LogP contribution is -2.32. The second kappa shape index (κ2) is 5.11. The Bertz CT molecular complexity index is 537. The van der Waals surface area contributed by atoms with Crippen LogP contribution in [0, 0.1) is 16.7 Å². The van der Waals surface area contributed by atoms with Gasteiger partial charge in [-0.15, -0.1) is 0 Å². The fraction of sp³-hybridized carbons (Fsp3) is 0.357.